The predicted octanol–water partition coefficient (Wildman–Crippen LogP) is 2.87. The highest BCUT2D eigenvalue weighted by Crippen LogP contribution is 2.22. The van der Waals surface area contributed by atoms with Gasteiger partial charge in [0.1, 0.15) is 12.2 Å². The van der Waals surface area contributed by atoms with Crippen LogP contribution in [0.1, 0.15) is 31.2 Å². The van der Waals surface area contributed by atoms with Crippen LogP contribution >= 0.6 is 11.6 Å². The van der Waals surface area contributed by atoms with Crippen molar-refractivity contribution in [2.24, 2.45) is 11.7 Å². The number of nitrogens with zero attached hydrogens (tertiary/aromatic N) is 3. The first kappa shape index (κ1) is 15.0. The van der Waals surface area contributed by atoms with Crippen molar-refractivity contribution in [2.75, 3.05) is 6.54 Å². The molecule has 1 aromatic heterocycles. The third-order valence-electron chi connectivity index (χ3n) is 3.27. The van der Waals surface area contributed by atoms with Gasteiger partial charge in [0.05, 0.1) is 0 Å². The molecule has 0 saturated heterocycles. The SMILES string of the molecule is CC(C)Cn1ncnc1CC(CN)c1cccc(Cl)c1. The molecule has 2 rings (SSSR count). The number of rotatable bonds is 6. The van der Waals surface area contributed by atoms with E-state index in [1.165, 1.54) is 0 Å². The average molecular weight is 293 g/mol. The van der Waals surface area contributed by atoms with Crippen molar-refractivity contribution in [1.29, 1.82) is 0 Å². The van der Waals surface area contributed by atoms with E-state index in [4.69, 9.17) is 17.3 Å². The number of benzene rings is 1. The molecule has 0 radical (unpaired) electrons. The summed E-state index contributed by atoms with van der Waals surface area (Å²) >= 11 is 6.05. The summed E-state index contributed by atoms with van der Waals surface area (Å²) in [5.41, 5.74) is 7.07. The fraction of sp³-hybridized carbons (Fsp3) is 0.467. The topological polar surface area (TPSA) is 56.7 Å². The van der Waals surface area contributed by atoms with Gasteiger partial charge < -0.3 is 5.73 Å². The fourth-order valence-electron chi connectivity index (χ4n) is 2.26. The second-order valence-electron chi connectivity index (χ2n) is 5.44. The summed E-state index contributed by atoms with van der Waals surface area (Å²) in [7, 11) is 0. The fourth-order valence-corrected chi connectivity index (χ4v) is 2.46. The molecule has 0 aliphatic rings. The normalized spacial score (nSPS) is 12.8. The Morgan fingerprint density at radius 1 is 1.35 bits per heavy atom. The predicted molar refractivity (Wildman–Crippen MR) is 81.8 cm³/mol. The van der Waals surface area contributed by atoms with Gasteiger partial charge in [0.2, 0.25) is 0 Å². The number of aromatic nitrogens is 3. The van der Waals surface area contributed by atoms with Gasteiger partial charge in [0, 0.05) is 23.9 Å². The summed E-state index contributed by atoms with van der Waals surface area (Å²) in [6.45, 7) is 5.78. The van der Waals surface area contributed by atoms with E-state index in [0.717, 1.165) is 29.4 Å². The highest BCUT2D eigenvalue weighted by Gasteiger charge is 2.15. The molecule has 0 aliphatic heterocycles. The summed E-state index contributed by atoms with van der Waals surface area (Å²) in [4.78, 5) is 4.37. The van der Waals surface area contributed by atoms with Gasteiger partial charge in [-0.2, -0.15) is 5.10 Å². The van der Waals surface area contributed by atoms with Crippen LogP contribution in [0.2, 0.25) is 5.02 Å². The molecule has 20 heavy (non-hydrogen) atoms. The minimum Gasteiger partial charge on any atom is -0.330 e. The van der Waals surface area contributed by atoms with E-state index < -0.39 is 0 Å². The molecule has 0 fully saturated rings. The molecule has 0 saturated carbocycles. The second-order valence-corrected chi connectivity index (χ2v) is 5.88. The first-order valence-corrected chi connectivity index (χ1v) is 7.30. The van der Waals surface area contributed by atoms with Gasteiger partial charge in [-0.3, -0.25) is 0 Å². The average Bonchev–Trinajstić information content (AvgIpc) is 2.82. The Balaban J connectivity index is 2.16. The zero-order chi connectivity index (χ0) is 14.5. The first-order chi connectivity index (χ1) is 9.60. The number of hydrogen-bond donors (Lipinski definition) is 1. The third-order valence-corrected chi connectivity index (χ3v) is 3.50. The van der Waals surface area contributed by atoms with Crippen LogP contribution in [0.3, 0.4) is 0 Å². The van der Waals surface area contributed by atoms with Crippen molar-refractivity contribution in [2.45, 2.75) is 32.7 Å². The second kappa shape index (κ2) is 6.86. The van der Waals surface area contributed by atoms with Crippen molar-refractivity contribution in [3.8, 4) is 0 Å². The van der Waals surface area contributed by atoms with Crippen LogP contribution < -0.4 is 5.73 Å². The quantitative estimate of drug-likeness (QED) is 0.891. The van der Waals surface area contributed by atoms with Crippen LogP contribution in [-0.4, -0.2) is 21.3 Å². The summed E-state index contributed by atoms with van der Waals surface area (Å²) in [5, 5.41) is 5.03. The van der Waals surface area contributed by atoms with Crippen LogP contribution in [0, 0.1) is 5.92 Å². The van der Waals surface area contributed by atoms with E-state index in [2.05, 4.69) is 30.0 Å². The first-order valence-electron chi connectivity index (χ1n) is 6.92. The van der Waals surface area contributed by atoms with E-state index in [9.17, 15) is 0 Å². The van der Waals surface area contributed by atoms with Gasteiger partial charge in [-0.05, 0) is 30.2 Å². The lowest BCUT2D eigenvalue weighted by molar-refractivity contribution is 0.459. The lowest BCUT2D eigenvalue weighted by atomic mass is 9.95. The largest absolute Gasteiger partial charge is 0.330 e. The Morgan fingerprint density at radius 3 is 2.80 bits per heavy atom. The molecule has 1 aromatic carbocycles. The summed E-state index contributed by atoms with van der Waals surface area (Å²) in [5.74, 6) is 1.73. The molecular formula is C15H21ClN4. The molecule has 2 aromatic rings. The van der Waals surface area contributed by atoms with Gasteiger partial charge in [-0.15, -0.1) is 0 Å². The molecule has 5 heteroatoms. The van der Waals surface area contributed by atoms with Crippen LogP contribution in [0.15, 0.2) is 30.6 Å². The summed E-state index contributed by atoms with van der Waals surface area (Å²) in [6, 6.07) is 7.87. The standard InChI is InChI=1S/C15H21ClN4/c1-11(2)9-20-15(18-10-19-20)7-13(8-17)12-4-3-5-14(16)6-12/h3-6,10-11,13H,7-9,17H2,1-2H3. The van der Waals surface area contributed by atoms with Crippen LogP contribution in [-0.2, 0) is 13.0 Å². The smallest absolute Gasteiger partial charge is 0.138 e. The Hall–Kier alpha value is -1.39. The lowest BCUT2D eigenvalue weighted by Crippen LogP contribution is -2.19. The number of halogens is 1. The van der Waals surface area contributed by atoms with E-state index in [-0.39, 0.29) is 5.92 Å². The van der Waals surface area contributed by atoms with Crippen LogP contribution in [0.25, 0.3) is 0 Å². The summed E-state index contributed by atoms with van der Waals surface area (Å²) < 4.78 is 1.97. The minimum absolute atomic E-state index is 0.212. The molecule has 0 amide bonds. The molecule has 1 atom stereocenters. The highest BCUT2D eigenvalue weighted by atomic mass is 35.5. The van der Waals surface area contributed by atoms with Crippen LogP contribution in [0.5, 0.6) is 0 Å². The highest BCUT2D eigenvalue weighted by molar-refractivity contribution is 6.30. The van der Waals surface area contributed by atoms with Gasteiger partial charge in [0.15, 0.2) is 0 Å². The van der Waals surface area contributed by atoms with E-state index in [1.807, 2.05) is 22.9 Å². The van der Waals surface area contributed by atoms with Gasteiger partial charge in [0.25, 0.3) is 0 Å². The molecular weight excluding hydrogens is 272 g/mol. The van der Waals surface area contributed by atoms with Crippen molar-refractivity contribution >= 4 is 11.6 Å². The van der Waals surface area contributed by atoms with E-state index >= 15 is 0 Å². The Morgan fingerprint density at radius 2 is 2.15 bits per heavy atom. The number of nitrogens with two attached hydrogens (primary N) is 1. The van der Waals surface area contributed by atoms with Gasteiger partial charge in [-0.25, -0.2) is 9.67 Å². The molecule has 4 nitrogen and oxygen atoms in total. The molecule has 108 valence electrons. The molecule has 1 heterocycles. The van der Waals surface area contributed by atoms with Gasteiger partial charge >= 0.3 is 0 Å². The molecule has 2 N–H and O–H groups in total. The van der Waals surface area contributed by atoms with Crippen molar-refractivity contribution in [3.05, 3.63) is 47.0 Å². The van der Waals surface area contributed by atoms with E-state index in [1.54, 1.807) is 6.33 Å². The third kappa shape index (κ3) is 3.81. The minimum atomic E-state index is 0.212. The maximum atomic E-state index is 6.05. The maximum absolute atomic E-state index is 6.05. The Bertz CT molecular complexity index is 550. The lowest BCUT2D eigenvalue weighted by Gasteiger charge is -2.16. The molecule has 0 spiro atoms. The van der Waals surface area contributed by atoms with Crippen molar-refractivity contribution in [3.63, 3.8) is 0 Å². The van der Waals surface area contributed by atoms with Crippen molar-refractivity contribution < 1.29 is 0 Å². The summed E-state index contributed by atoms with van der Waals surface area (Å²) in [6.07, 6.45) is 2.40. The molecule has 1 unspecified atom stereocenters. The van der Waals surface area contributed by atoms with Crippen LogP contribution in [0.4, 0.5) is 0 Å². The number of hydrogen-bond acceptors (Lipinski definition) is 3. The van der Waals surface area contributed by atoms with E-state index in [0.29, 0.717) is 12.5 Å². The molecule has 0 aliphatic carbocycles. The van der Waals surface area contributed by atoms with Gasteiger partial charge in [-0.1, -0.05) is 37.6 Å². The van der Waals surface area contributed by atoms with Crippen molar-refractivity contribution in [1.82, 2.24) is 14.8 Å². The Labute approximate surface area is 125 Å². The Kier molecular flexibility index (Phi) is 5.15. The monoisotopic (exact) mass is 292 g/mol. The maximum Gasteiger partial charge on any atom is 0.138 e. The zero-order valence-electron chi connectivity index (χ0n) is 12.0. The zero-order valence-corrected chi connectivity index (χ0v) is 12.7. The molecule has 0 bridgehead atoms.